The molecule has 1 atom stereocenters. The van der Waals surface area contributed by atoms with E-state index in [0.717, 1.165) is 45.2 Å². The molecule has 2 heteroatoms. The Bertz CT molecular complexity index is 436. The van der Waals surface area contributed by atoms with Gasteiger partial charge in [-0.25, -0.2) is 0 Å². The van der Waals surface area contributed by atoms with Gasteiger partial charge in [-0.05, 0) is 31.2 Å². The second kappa shape index (κ2) is 8.97. The van der Waals surface area contributed by atoms with Crippen LogP contribution < -0.4 is 0 Å². The van der Waals surface area contributed by atoms with Crippen LogP contribution in [0.2, 0.25) is 0 Å². The van der Waals surface area contributed by atoms with Gasteiger partial charge in [-0.15, -0.1) is 0 Å². The number of amides is 1. The first kappa shape index (κ1) is 17.1. The maximum atomic E-state index is 12.9. The third kappa shape index (κ3) is 4.59. The molecule has 1 amide bonds. The average Bonchev–Trinajstić information content (AvgIpc) is 2.81. The van der Waals surface area contributed by atoms with E-state index in [4.69, 9.17) is 0 Å². The first-order valence-corrected chi connectivity index (χ1v) is 9.10. The topological polar surface area (TPSA) is 20.3 Å². The van der Waals surface area contributed by atoms with Crippen LogP contribution in [0, 0.1) is 5.92 Å². The van der Waals surface area contributed by atoms with Crippen molar-refractivity contribution in [1.82, 2.24) is 4.90 Å². The van der Waals surface area contributed by atoms with Gasteiger partial charge in [-0.3, -0.25) is 4.79 Å². The lowest BCUT2D eigenvalue weighted by atomic mass is 9.93. The Morgan fingerprint density at radius 2 is 1.82 bits per heavy atom. The number of likely N-dealkylation sites (tertiary alicyclic amines) is 1. The van der Waals surface area contributed by atoms with Gasteiger partial charge in [0.05, 0.1) is 0 Å². The van der Waals surface area contributed by atoms with Crippen molar-refractivity contribution in [3.05, 3.63) is 35.9 Å². The first-order chi connectivity index (χ1) is 10.8. The van der Waals surface area contributed by atoms with Gasteiger partial charge in [0.2, 0.25) is 5.91 Å². The lowest BCUT2D eigenvalue weighted by molar-refractivity contribution is -0.136. The molecule has 1 aromatic rings. The lowest BCUT2D eigenvalue weighted by Gasteiger charge is -2.28. The second-order valence-corrected chi connectivity index (χ2v) is 6.66. The maximum Gasteiger partial charge on any atom is 0.225 e. The van der Waals surface area contributed by atoms with Crippen LogP contribution in [0.15, 0.2) is 30.3 Å². The second-order valence-electron chi connectivity index (χ2n) is 6.66. The van der Waals surface area contributed by atoms with Gasteiger partial charge in [0.25, 0.3) is 0 Å². The molecule has 0 radical (unpaired) electrons. The fourth-order valence-corrected chi connectivity index (χ4v) is 3.69. The van der Waals surface area contributed by atoms with E-state index < -0.39 is 0 Å². The van der Waals surface area contributed by atoms with Gasteiger partial charge >= 0.3 is 0 Å². The van der Waals surface area contributed by atoms with Crippen LogP contribution in [-0.2, 0) is 4.79 Å². The van der Waals surface area contributed by atoms with Gasteiger partial charge in [0.1, 0.15) is 0 Å². The number of carbonyl (C=O) groups is 1. The molecule has 0 aromatic heterocycles. The largest absolute Gasteiger partial charge is 0.342 e. The summed E-state index contributed by atoms with van der Waals surface area (Å²) in [5.41, 5.74) is 1.39. The molecular weight excluding hydrogens is 270 g/mol. The molecule has 0 N–H and O–H groups in total. The van der Waals surface area contributed by atoms with Crippen molar-refractivity contribution >= 4 is 5.91 Å². The highest BCUT2D eigenvalue weighted by Crippen LogP contribution is 2.28. The first-order valence-electron chi connectivity index (χ1n) is 9.10. The Morgan fingerprint density at radius 3 is 2.45 bits per heavy atom. The maximum absolute atomic E-state index is 12.9. The van der Waals surface area contributed by atoms with E-state index in [-0.39, 0.29) is 5.92 Å². The zero-order chi connectivity index (χ0) is 15.8. The average molecular weight is 301 g/mol. The molecule has 1 saturated heterocycles. The molecule has 1 aromatic carbocycles. The molecular formula is C20H31NO. The molecule has 0 saturated carbocycles. The van der Waals surface area contributed by atoms with E-state index in [1.807, 2.05) is 0 Å². The smallest absolute Gasteiger partial charge is 0.225 e. The summed E-state index contributed by atoms with van der Waals surface area (Å²) in [4.78, 5) is 15.1. The van der Waals surface area contributed by atoms with Crippen LogP contribution in [0.3, 0.4) is 0 Å². The Hall–Kier alpha value is -1.31. The minimum atomic E-state index is 0.240. The molecule has 22 heavy (non-hydrogen) atoms. The van der Waals surface area contributed by atoms with Crippen molar-refractivity contribution in [3.8, 4) is 0 Å². The molecule has 1 heterocycles. The molecule has 1 unspecified atom stereocenters. The van der Waals surface area contributed by atoms with Crippen molar-refractivity contribution in [3.63, 3.8) is 0 Å². The van der Waals surface area contributed by atoms with Crippen LogP contribution in [0.4, 0.5) is 0 Å². The summed E-state index contributed by atoms with van der Waals surface area (Å²) < 4.78 is 0. The van der Waals surface area contributed by atoms with E-state index in [1.165, 1.54) is 18.4 Å². The fourth-order valence-electron chi connectivity index (χ4n) is 3.69. The van der Waals surface area contributed by atoms with Crippen LogP contribution in [0.25, 0.3) is 0 Å². The number of hydrogen-bond donors (Lipinski definition) is 0. The lowest BCUT2D eigenvalue weighted by Crippen LogP contribution is -2.38. The molecule has 1 fully saturated rings. The van der Waals surface area contributed by atoms with Crippen molar-refractivity contribution in [2.45, 2.75) is 64.7 Å². The number of benzene rings is 1. The molecule has 1 aliphatic rings. The summed E-state index contributed by atoms with van der Waals surface area (Å²) in [6, 6.07) is 10.7. The Balaban J connectivity index is 2.07. The highest BCUT2D eigenvalue weighted by atomic mass is 16.2. The number of hydrogen-bond acceptors (Lipinski definition) is 1. The Kier molecular flexibility index (Phi) is 6.95. The summed E-state index contributed by atoms with van der Waals surface area (Å²) in [7, 11) is 0. The Labute approximate surface area is 135 Å². The van der Waals surface area contributed by atoms with Gasteiger partial charge in [0.15, 0.2) is 0 Å². The number of nitrogens with zero attached hydrogens (tertiary/aromatic N) is 1. The number of rotatable bonds is 6. The summed E-state index contributed by atoms with van der Waals surface area (Å²) in [6.45, 7) is 6.23. The third-order valence-electron chi connectivity index (χ3n) is 4.88. The van der Waals surface area contributed by atoms with Crippen LogP contribution in [-0.4, -0.2) is 23.9 Å². The molecule has 0 spiro atoms. The predicted molar refractivity (Wildman–Crippen MR) is 92.9 cm³/mol. The van der Waals surface area contributed by atoms with Crippen molar-refractivity contribution < 1.29 is 4.79 Å². The van der Waals surface area contributed by atoms with Gasteiger partial charge in [0, 0.05) is 24.9 Å². The van der Waals surface area contributed by atoms with Crippen LogP contribution >= 0.6 is 0 Å². The van der Waals surface area contributed by atoms with E-state index in [9.17, 15) is 4.79 Å². The quantitative estimate of drug-likeness (QED) is 0.724. The van der Waals surface area contributed by atoms with Crippen molar-refractivity contribution in [2.75, 3.05) is 13.1 Å². The zero-order valence-corrected chi connectivity index (χ0v) is 14.3. The summed E-state index contributed by atoms with van der Waals surface area (Å²) in [5, 5.41) is 0. The van der Waals surface area contributed by atoms with E-state index in [2.05, 4.69) is 49.1 Å². The molecule has 2 rings (SSSR count). The van der Waals surface area contributed by atoms with E-state index >= 15 is 0 Å². The fraction of sp³-hybridized carbons (Fsp3) is 0.650. The standard InChI is InChI=1S/C20H31NO/c1-3-10-18(11-4-2)20(22)21-15-9-8-14-19(16-21)17-12-6-5-7-13-17/h5-7,12-13,18-19H,3-4,8-11,14-16H2,1-2H3. The molecule has 1 aliphatic heterocycles. The minimum absolute atomic E-state index is 0.240. The van der Waals surface area contributed by atoms with Gasteiger partial charge in [-0.2, -0.15) is 0 Å². The minimum Gasteiger partial charge on any atom is -0.342 e. The van der Waals surface area contributed by atoms with Gasteiger partial charge in [-0.1, -0.05) is 63.4 Å². The molecule has 0 aliphatic carbocycles. The molecule has 0 bridgehead atoms. The summed E-state index contributed by atoms with van der Waals surface area (Å²) >= 11 is 0. The SMILES string of the molecule is CCCC(CCC)C(=O)N1CCCCC(c2ccccc2)C1. The highest BCUT2D eigenvalue weighted by molar-refractivity contribution is 5.79. The summed E-state index contributed by atoms with van der Waals surface area (Å²) in [5.74, 6) is 1.16. The Morgan fingerprint density at radius 1 is 1.14 bits per heavy atom. The van der Waals surface area contributed by atoms with E-state index in [0.29, 0.717) is 11.8 Å². The molecule has 2 nitrogen and oxygen atoms in total. The monoisotopic (exact) mass is 301 g/mol. The summed E-state index contributed by atoms with van der Waals surface area (Å²) in [6.07, 6.45) is 7.88. The zero-order valence-electron chi connectivity index (χ0n) is 14.3. The highest BCUT2D eigenvalue weighted by Gasteiger charge is 2.27. The number of carbonyl (C=O) groups excluding carboxylic acids is 1. The normalized spacial score (nSPS) is 19.2. The molecule has 122 valence electrons. The predicted octanol–water partition coefficient (Wildman–Crippen LogP) is 5.00. The van der Waals surface area contributed by atoms with Crippen molar-refractivity contribution in [1.29, 1.82) is 0 Å². The van der Waals surface area contributed by atoms with E-state index in [1.54, 1.807) is 0 Å². The third-order valence-corrected chi connectivity index (χ3v) is 4.88. The van der Waals surface area contributed by atoms with Gasteiger partial charge < -0.3 is 4.90 Å². The van der Waals surface area contributed by atoms with Crippen LogP contribution in [0.5, 0.6) is 0 Å². The van der Waals surface area contributed by atoms with Crippen LogP contribution in [0.1, 0.15) is 70.3 Å². The van der Waals surface area contributed by atoms with Crippen molar-refractivity contribution in [2.24, 2.45) is 5.92 Å².